The normalized spacial score (nSPS) is 12.8. The highest BCUT2D eigenvalue weighted by molar-refractivity contribution is 9.10. The predicted molar refractivity (Wildman–Crippen MR) is 116 cm³/mol. The predicted octanol–water partition coefficient (Wildman–Crippen LogP) is 4.82. The Kier molecular flexibility index (Phi) is 6.73. The first-order valence-corrected chi connectivity index (χ1v) is 10.5. The Balaban J connectivity index is 1.90. The Hall–Kier alpha value is -3.05. The van der Waals surface area contributed by atoms with Crippen molar-refractivity contribution in [2.24, 2.45) is 0 Å². The summed E-state index contributed by atoms with van der Waals surface area (Å²) in [6.07, 6.45) is 10.6. The van der Waals surface area contributed by atoms with Crippen LogP contribution in [0.25, 0.3) is 6.08 Å². The van der Waals surface area contributed by atoms with Gasteiger partial charge in [0.15, 0.2) is 0 Å². The van der Waals surface area contributed by atoms with E-state index in [9.17, 15) is 15.3 Å². The number of fused-ring (bicyclic) bond motifs is 1. The molecule has 0 spiro atoms. The van der Waals surface area contributed by atoms with Crippen molar-refractivity contribution in [2.75, 3.05) is 11.9 Å². The van der Waals surface area contributed by atoms with Crippen LogP contribution in [0.4, 0.5) is 5.00 Å². The molecule has 7 heteroatoms. The summed E-state index contributed by atoms with van der Waals surface area (Å²) < 4.78 is 6.26. The van der Waals surface area contributed by atoms with E-state index in [0.717, 1.165) is 40.6 Å². The summed E-state index contributed by atoms with van der Waals surface area (Å²) in [5.41, 5.74) is 1.99. The number of amides is 1. The molecular weight excluding hydrogens is 450 g/mol. The van der Waals surface area contributed by atoms with E-state index in [2.05, 4.69) is 33.2 Å². The number of carbonyl (C=O) groups excluding carboxylic acids is 1. The standard InChI is InChI=1S/C22H16BrN3O2S/c1-2-9-28-19-8-7-16(23)11-14(19)10-15(12-24)21(27)26-22-18(13-25)17-5-3-4-6-20(17)29-22/h1,7-8,10-11H,3-6,9H2,(H,26,27). The Bertz CT molecular complexity index is 1110. The zero-order chi connectivity index (χ0) is 20.8. The Morgan fingerprint density at radius 2 is 2.14 bits per heavy atom. The molecule has 1 amide bonds. The van der Waals surface area contributed by atoms with Crippen molar-refractivity contribution in [1.82, 2.24) is 0 Å². The molecule has 29 heavy (non-hydrogen) atoms. The summed E-state index contributed by atoms with van der Waals surface area (Å²) >= 11 is 4.80. The van der Waals surface area contributed by atoms with Crippen molar-refractivity contribution in [3.8, 4) is 30.2 Å². The zero-order valence-corrected chi connectivity index (χ0v) is 17.8. The Morgan fingerprint density at radius 3 is 2.86 bits per heavy atom. The Labute approximate surface area is 181 Å². The summed E-state index contributed by atoms with van der Waals surface area (Å²) in [4.78, 5) is 13.9. The summed E-state index contributed by atoms with van der Waals surface area (Å²) in [6, 6.07) is 9.37. The third-order valence-electron chi connectivity index (χ3n) is 4.46. The summed E-state index contributed by atoms with van der Waals surface area (Å²) in [5.74, 6) is 2.29. The van der Waals surface area contributed by atoms with Crippen LogP contribution in [0.5, 0.6) is 5.75 Å². The van der Waals surface area contributed by atoms with Crippen molar-refractivity contribution in [2.45, 2.75) is 25.7 Å². The number of terminal acetylenes is 1. The van der Waals surface area contributed by atoms with E-state index in [1.807, 2.05) is 6.07 Å². The van der Waals surface area contributed by atoms with Crippen LogP contribution in [0.2, 0.25) is 0 Å². The van der Waals surface area contributed by atoms with Crippen LogP contribution in [-0.4, -0.2) is 12.5 Å². The number of thiophene rings is 1. The van der Waals surface area contributed by atoms with Crippen molar-refractivity contribution in [3.05, 3.63) is 49.8 Å². The molecule has 1 aliphatic carbocycles. The van der Waals surface area contributed by atoms with Gasteiger partial charge in [0.1, 0.15) is 35.1 Å². The molecule has 2 aromatic rings. The molecular formula is C22H16BrN3O2S. The van der Waals surface area contributed by atoms with Gasteiger partial charge in [-0.1, -0.05) is 21.9 Å². The summed E-state index contributed by atoms with van der Waals surface area (Å²) in [6.45, 7) is 0.0723. The number of nitrogens with zero attached hydrogens (tertiary/aromatic N) is 2. The van der Waals surface area contributed by atoms with Crippen LogP contribution in [0, 0.1) is 35.0 Å². The molecule has 1 aromatic carbocycles. The maximum Gasteiger partial charge on any atom is 0.266 e. The van der Waals surface area contributed by atoms with Gasteiger partial charge < -0.3 is 10.1 Å². The lowest BCUT2D eigenvalue weighted by atomic mass is 9.96. The monoisotopic (exact) mass is 465 g/mol. The van der Waals surface area contributed by atoms with Crippen molar-refractivity contribution >= 4 is 44.3 Å². The lowest BCUT2D eigenvalue weighted by Gasteiger charge is -2.09. The molecule has 144 valence electrons. The molecule has 0 aliphatic heterocycles. The molecule has 0 atom stereocenters. The fourth-order valence-corrected chi connectivity index (χ4v) is 4.74. The molecule has 1 aromatic heterocycles. The number of hydrogen-bond donors (Lipinski definition) is 1. The maximum atomic E-state index is 12.7. The number of halogens is 1. The Morgan fingerprint density at radius 1 is 1.34 bits per heavy atom. The van der Waals surface area contributed by atoms with E-state index in [1.54, 1.807) is 18.2 Å². The molecule has 0 fully saturated rings. The average molecular weight is 466 g/mol. The first kappa shape index (κ1) is 20.7. The van der Waals surface area contributed by atoms with E-state index in [1.165, 1.54) is 17.4 Å². The summed E-state index contributed by atoms with van der Waals surface area (Å²) in [7, 11) is 0. The SMILES string of the molecule is C#CCOc1ccc(Br)cc1C=C(C#N)C(=O)Nc1sc2c(c1C#N)CCCC2. The second-order valence-corrected chi connectivity index (χ2v) is 8.35. The van der Waals surface area contributed by atoms with Gasteiger partial charge in [-0.2, -0.15) is 10.5 Å². The lowest BCUT2D eigenvalue weighted by molar-refractivity contribution is -0.112. The van der Waals surface area contributed by atoms with E-state index in [4.69, 9.17) is 11.2 Å². The first-order valence-electron chi connectivity index (χ1n) is 8.91. The van der Waals surface area contributed by atoms with Gasteiger partial charge >= 0.3 is 0 Å². The van der Waals surface area contributed by atoms with Crippen molar-refractivity contribution < 1.29 is 9.53 Å². The number of carbonyl (C=O) groups is 1. The van der Waals surface area contributed by atoms with Gasteiger partial charge in [0.05, 0.1) is 5.56 Å². The third-order valence-corrected chi connectivity index (χ3v) is 6.16. The highest BCUT2D eigenvalue weighted by Crippen LogP contribution is 2.37. The highest BCUT2D eigenvalue weighted by Gasteiger charge is 2.22. The van der Waals surface area contributed by atoms with Gasteiger partial charge in [-0.25, -0.2) is 0 Å². The van der Waals surface area contributed by atoms with Crippen LogP contribution in [-0.2, 0) is 17.6 Å². The van der Waals surface area contributed by atoms with E-state index in [0.29, 0.717) is 21.9 Å². The van der Waals surface area contributed by atoms with Crippen molar-refractivity contribution in [3.63, 3.8) is 0 Å². The number of nitrogens with one attached hydrogen (secondary N) is 1. The fourth-order valence-electron chi connectivity index (χ4n) is 3.13. The second kappa shape index (κ2) is 9.43. The van der Waals surface area contributed by atoms with Crippen LogP contribution < -0.4 is 10.1 Å². The number of hydrogen-bond acceptors (Lipinski definition) is 5. The minimum Gasteiger partial charge on any atom is -0.480 e. The van der Waals surface area contributed by atoms with Crippen molar-refractivity contribution in [1.29, 1.82) is 10.5 Å². The lowest BCUT2D eigenvalue weighted by Crippen LogP contribution is -2.13. The summed E-state index contributed by atoms with van der Waals surface area (Å²) in [5, 5.41) is 22.3. The van der Waals surface area contributed by atoms with E-state index >= 15 is 0 Å². The van der Waals surface area contributed by atoms with Gasteiger partial charge in [-0.3, -0.25) is 4.79 Å². The molecule has 0 unspecified atom stereocenters. The van der Waals surface area contributed by atoms with Gasteiger partial charge in [0.25, 0.3) is 5.91 Å². The fraction of sp³-hybridized carbons (Fsp3) is 0.227. The highest BCUT2D eigenvalue weighted by atomic mass is 79.9. The number of benzene rings is 1. The van der Waals surface area contributed by atoms with Gasteiger partial charge in [0.2, 0.25) is 0 Å². The van der Waals surface area contributed by atoms with Gasteiger partial charge in [-0.05, 0) is 55.5 Å². The minimum atomic E-state index is -0.564. The molecule has 5 nitrogen and oxygen atoms in total. The zero-order valence-electron chi connectivity index (χ0n) is 15.4. The van der Waals surface area contributed by atoms with Crippen LogP contribution in [0.15, 0.2) is 28.2 Å². The molecule has 0 saturated carbocycles. The third kappa shape index (κ3) is 4.69. The molecule has 0 saturated heterocycles. The van der Waals surface area contributed by atoms with Crippen LogP contribution >= 0.6 is 27.3 Å². The topological polar surface area (TPSA) is 85.9 Å². The largest absolute Gasteiger partial charge is 0.480 e. The molecule has 3 rings (SSSR count). The number of aryl methyl sites for hydroxylation is 1. The van der Waals surface area contributed by atoms with Crippen LogP contribution in [0.1, 0.15) is 34.4 Å². The van der Waals surface area contributed by atoms with Gasteiger partial charge in [0, 0.05) is 14.9 Å². The smallest absolute Gasteiger partial charge is 0.266 e. The number of ether oxygens (including phenoxy) is 1. The van der Waals surface area contributed by atoms with E-state index < -0.39 is 5.91 Å². The number of rotatable bonds is 5. The molecule has 0 bridgehead atoms. The molecule has 0 radical (unpaired) electrons. The number of nitriles is 2. The second-order valence-electron chi connectivity index (χ2n) is 6.33. The maximum absolute atomic E-state index is 12.7. The first-order chi connectivity index (χ1) is 14.1. The average Bonchev–Trinajstić information content (AvgIpc) is 3.08. The van der Waals surface area contributed by atoms with E-state index in [-0.39, 0.29) is 12.2 Å². The number of anilines is 1. The minimum absolute atomic E-state index is 0.0723. The molecule has 1 aliphatic rings. The quantitative estimate of drug-likeness (QED) is 0.389. The molecule has 1 N–H and O–H groups in total. The van der Waals surface area contributed by atoms with Crippen LogP contribution in [0.3, 0.4) is 0 Å². The molecule has 1 heterocycles. The van der Waals surface area contributed by atoms with Gasteiger partial charge in [-0.15, -0.1) is 17.8 Å².